The van der Waals surface area contributed by atoms with Crippen LogP contribution in [0.25, 0.3) is 16.9 Å². The number of aromatic nitrogens is 4. The number of pyridine rings is 1. The number of aliphatic hydroxyl groups excluding tert-OH is 1. The molecule has 1 fully saturated rings. The first-order valence-electron chi connectivity index (χ1n) is 10.9. The third kappa shape index (κ3) is 4.21. The zero-order valence-corrected chi connectivity index (χ0v) is 18.5. The first kappa shape index (κ1) is 21.5. The quantitative estimate of drug-likeness (QED) is 0.465. The van der Waals surface area contributed by atoms with Crippen molar-refractivity contribution in [1.82, 2.24) is 24.1 Å². The van der Waals surface area contributed by atoms with Crippen LogP contribution in [0.4, 0.5) is 8.78 Å². The maximum Gasteiger partial charge on any atom is 0.180 e. The van der Waals surface area contributed by atoms with Crippen LogP contribution in [0.1, 0.15) is 16.8 Å². The topological polar surface area (TPSA) is 67.8 Å². The molecular weight excluding hydrogens is 428 g/mol. The number of hydrogen-bond donors (Lipinski definition) is 1. The molecule has 0 atom stereocenters. The number of β-amino-alcohol motifs (C(OH)–C–C–N with tert-alkyl or cyclic N) is 1. The van der Waals surface area contributed by atoms with E-state index >= 15 is 0 Å². The lowest BCUT2D eigenvalue weighted by molar-refractivity contribution is 0.0000446. The second-order valence-electron chi connectivity index (χ2n) is 8.52. The molecule has 7 nitrogen and oxygen atoms in total. The summed E-state index contributed by atoms with van der Waals surface area (Å²) in [5.41, 5.74) is 3.99. The molecule has 172 valence electrons. The standard InChI is InChI=1S/C24H25F2N5O2/c1-15-8-22(33-14-19-20(25)4-3-5-21(19)26)24-28-16(2)23(31(24)10-15)17-9-27-30(11-17)7-6-29-12-18(32)13-29/h3-5,8-11,18,32H,6-7,12-14H2,1-2H3. The number of aliphatic hydroxyl groups is 1. The second kappa shape index (κ2) is 8.57. The van der Waals surface area contributed by atoms with Gasteiger partial charge >= 0.3 is 0 Å². The molecular formula is C24H25F2N5O2. The van der Waals surface area contributed by atoms with Gasteiger partial charge in [-0.25, -0.2) is 13.8 Å². The Kier molecular flexibility index (Phi) is 5.59. The average Bonchev–Trinajstić information content (AvgIpc) is 3.33. The monoisotopic (exact) mass is 453 g/mol. The Morgan fingerprint density at radius 1 is 1.12 bits per heavy atom. The van der Waals surface area contributed by atoms with Crippen LogP contribution in [0.5, 0.6) is 5.75 Å². The van der Waals surface area contributed by atoms with Gasteiger partial charge in [-0.2, -0.15) is 5.10 Å². The van der Waals surface area contributed by atoms with Crippen LogP contribution >= 0.6 is 0 Å². The molecule has 1 aromatic carbocycles. The molecule has 1 aliphatic heterocycles. The molecule has 5 rings (SSSR count). The molecule has 4 heterocycles. The Hall–Kier alpha value is -3.30. The Morgan fingerprint density at radius 2 is 1.88 bits per heavy atom. The van der Waals surface area contributed by atoms with Crippen LogP contribution in [-0.2, 0) is 13.2 Å². The Labute approximate surface area is 189 Å². The Morgan fingerprint density at radius 3 is 2.61 bits per heavy atom. The zero-order valence-electron chi connectivity index (χ0n) is 18.5. The molecule has 1 aliphatic rings. The minimum absolute atomic E-state index is 0.114. The maximum atomic E-state index is 14.0. The van der Waals surface area contributed by atoms with Gasteiger partial charge in [0.25, 0.3) is 0 Å². The van der Waals surface area contributed by atoms with Crippen molar-refractivity contribution in [1.29, 1.82) is 0 Å². The third-order valence-corrected chi connectivity index (χ3v) is 5.92. The van der Waals surface area contributed by atoms with Crippen LogP contribution in [0.2, 0.25) is 0 Å². The number of nitrogens with zero attached hydrogens (tertiary/aromatic N) is 5. The number of rotatable bonds is 7. The maximum absolute atomic E-state index is 14.0. The molecule has 0 bridgehead atoms. The SMILES string of the molecule is Cc1cc(OCc2c(F)cccc2F)c2nc(C)c(-c3cnn(CCN4CC(O)C4)c3)n2c1. The minimum Gasteiger partial charge on any atom is -0.485 e. The normalized spacial score (nSPS) is 14.7. The number of imidazole rings is 1. The van der Waals surface area contributed by atoms with E-state index in [2.05, 4.69) is 15.0 Å². The van der Waals surface area contributed by atoms with Crippen molar-refractivity contribution < 1.29 is 18.6 Å². The van der Waals surface area contributed by atoms with Crippen LogP contribution in [-0.4, -0.2) is 54.9 Å². The van der Waals surface area contributed by atoms with E-state index < -0.39 is 11.6 Å². The molecule has 0 saturated carbocycles. The van der Waals surface area contributed by atoms with E-state index in [0.29, 0.717) is 24.5 Å². The van der Waals surface area contributed by atoms with Crippen LogP contribution < -0.4 is 4.74 Å². The fourth-order valence-electron chi connectivity index (χ4n) is 4.21. The molecule has 0 amide bonds. The van der Waals surface area contributed by atoms with E-state index in [1.807, 2.05) is 41.4 Å². The second-order valence-corrected chi connectivity index (χ2v) is 8.52. The first-order chi connectivity index (χ1) is 15.9. The van der Waals surface area contributed by atoms with E-state index in [9.17, 15) is 13.9 Å². The summed E-state index contributed by atoms with van der Waals surface area (Å²) in [5, 5.41) is 13.9. The minimum atomic E-state index is -0.640. The average molecular weight is 453 g/mol. The predicted molar refractivity (Wildman–Crippen MR) is 119 cm³/mol. The van der Waals surface area contributed by atoms with E-state index in [4.69, 9.17) is 4.74 Å². The number of halogens is 2. The van der Waals surface area contributed by atoms with E-state index in [0.717, 1.165) is 35.6 Å². The van der Waals surface area contributed by atoms with Gasteiger partial charge in [-0.3, -0.25) is 14.0 Å². The highest BCUT2D eigenvalue weighted by Crippen LogP contribution is 2.30. The largest absolute Gasteiger partial charge is 0.485 e. The van der Waals surface area contributed by atoms with Crippen molar-refractivity contribution in [2.75, 3.05) is 19.6 Å². The summed E-state index contributed by atoms with van der Waals surface area (Å²) < 4.78 is 37.7. The lowest BCUT2D eigenvalue weighted by Crippen LogP contribution is -2.51. The van der Waals surface area contributed by atoms with Crippen molar-refractivity contribution in [2.45, 2.75) is 33.1 Å². The molecule has 3 aromatic heterocycles. The van der Waals surface area contributed by atoms with Gasteiger partial charge in [0.05, 0.1) is 35.8 Å². The van der Waals surface area contributed by atoms with Crippen LogP contribution in [0.3, 0.4) is 0 Å². The number of ether oxygens (including phenoxy) is 1. The fourth-order valence-corrected chi connectivity index (χ4v) is 4.21. The highest BCUT2D eigenvalue weighted by molar-refractivity contribution is 5.69. The van der Waals surface area contributed by atoms with Crippen molar-refractivity contribution in [3.8, 4) is 17.0 Å². The van der Waals surface area contributed by atoms with Gasteiger partial charge in [0, 0.05) is 37.6 Å². The number of hydrogen-bond acceptors (Lipinski definition) is 5. The van der Waals surface area contributed by atoms with E-state index in [-0.39, 0.29) is 18.3 Å². The smallest absolute Gasteiger partial charge is 0.180 e. The van der Waals surface area contributed by atoms with Gasteiger partial charge in [-0.1, -0.05) is 6.07 Å². The molecule has 0 spiro atoms. The van der Waals surface area contributed by atoms with Gasteiger partial charge in [-0.05, 0) is 37.6 Å². The summed E-state index contributed by atoms with van der Waals surface area (Å²) in [6.45, 7) is 6.58. The highest BCUT2D eigenvalue weighted by Gasteiger charge is 2.24. The molecule has 33 heavy (non-hydrogen) atoms. The lowest BCUT2D eigenvalue weighted by atomic mass is 10.2. The predicted octanol–water partition coefficient (Wildman–Crippen LogP) is 3.35. The van der Waals surface area contributed by atoms with Gasteiger partial charge in [0.15, 0.2) is 11.4 Å². The molecule has 4 aromatic rings. The summed E-state index contributed by atoms with van der Waals surface area (Å²) in [7, 11) is 0. The molecule has 0 unspecified atom stereocenters. The number of likely N-dealkylation sites (tertiary alicyclic amines) is 1. The molecule has 0 aliphatic carbocycles. The molecule has 1 N–H and O–H groups in total. The summed E-state index contributed by atoms with van der Waals surface area (Å²) >= 11 is 0. The molecule has 9 heteroatoms. The number of aryl methyl sites for hydroxylation is 2. The number of benzene rings is 1. The van der Waals surface area contributed by atoms with Crippen molar-refractivity contribution in [2.24, 2.45) is 0 Å². The molecule has 1 saturated heterocycles. The van der Waals surface area contributed by atoms with Gasteiger partial charge in [0.1, 0.15) is 18.2 Å². The first-order valence-corrected chi connectivity index (χ1v) is 10.9. The van der Waals surface area contributed by atoms with Crippen molar-refractivity contribution >= 4 is 5.65 Å². The van der Waals surface area contributed by atoms with Gasteiger partial charge in [0.2, 0.25) is 0 Å². The Balaban J connectivity index is 1.42. The zero-order chi connectivity index (χ0) is 23.1. The third-order valence-electron chi connectivity index (χ3n) is 5.92. The summed E-state index contributed by atoms with van der Waals surface area (Å²) in [4.78, 5) is 6.86. The number of fused-ring (bicyclic) bond motifs is 1. The fraction of sp³-hybridized carbons (Fsp3) is 0.333. The summed E-state index contributed by atoms with van der Waals surface area (Å²) in [6.07, 6.45) is 5.53. The van der Waals surface area contributed by atoms with E-state index in [1.54, 1.807) is 6.20 Å². The van der Waals surface area contributed by atoms with Gasteiger partial charge < -0.3 is 9.84 Å². The van der Waals surface area contributed by atoms with E-state index in [1.165, 1.54) is 18.2 Å². The van der Waals surface area contributed by atoms with Crippen molar-refractivity contribution in [3.05, 3.63) is 71.3 Å². The summed E-state index contributed by atoms with van der Waals surface area (Å²) in [5.74, 6) is -0.825. The Bertz CT molecular complexity index is 1290. The summed E-state index contributed by atoms with van der Waals surface area (Å²) in [6, 6.07) is 5.58. The molecule has 0 radical (unpaired) electrons. The van der Waals surface area contributed by atoms with Crippen LogP contribution in [0, 0.1) is 25.5 Å². The van der Waals surface area contributed by atoms with Gasteiger partial charge in [-0.15, -0.1) is 0 Å². The van der Waals surface area contributed by atoms with Crippen molar-refractivity contribution in [3.63, 3.8) is 0 Å². The van der Waals surface area contributed by atoms with Crippen LogP contribution in [0.15, 0.2) is 42.9 Å². The lowest BCUT2D eigenvalue weighted by Gasteiger charge is -2.35. The highest BCUT2D eigenvalue weighted by atomic mass is 19.1.